The fourth-order valence-electron chi connectivity index (χ4n) is 7.45. The predicted octanol–water partition coefficient (Wildman–Crippen LogP) is 4.54. The standard InChI is InChI=1S/C25H30N4O/c1-14(30)27-24-22(13-25-10-15-6-16(11-25)8-17(7-15)12-25)28-23-20-4-3-19(26)9-18(20)2-5-21(23)29-24/h3-4,9,15-17H,2,5-8,10-13,26H2,1H3,(H,27,29,30). The Morgan fingerprint density at radius 1 is 1.10 bits per heavy atom. The lowest BCUT2D eigenvalue weighted by Gasteiger charge is -2.57. The molecule has 1 aromatic carbocycles. The smallest absolute Gasteiger partial charge is 0.222 e. The van der Waals surface area contributed by atoms with Crippen LogP contribution in [0.3, 0.4) is 0 Å². The molecule has 0 aliphatic heterocycles. The van der Waals surface area contributed by atoms with Crippen LogP contribution >= 0.6 is 0 Å². The molecule has 0 radical (unpaired) electrons. The molecule has 156 valence electrons. The summed E-state index contributed by atoms with van der Waals surface area (Å²) in [7, 11) is 0. The van der Waals surface area contributed by atoms with E-state index in [0.29, 0.717) is 11.2 Å². The first-order valence-electron chi connectivity index (χ1n) is 11.5. The number of fused-ring (bicyclic) bond motifs is 3. The fourth-order valence-corrected chi connectivity index (χ4v) is 7.45. The minimum absolute atomic E-state index is 0.0694. The quantitative estimate of drug-likeness (QED) is 0.739. The van der Waals surface area contributed by atoms with Crippen molar-refractivity contribution in [3.63, 3.8) is 0 Å². The number of carbonyl (C=O) groups excluding carboxylic acids is 1. The lowest BCUT2D eigenvalue weighted by Crippen LogP contribution is -2.47. The van der Waals surface area contributed by atoms with E-state index < -0.39 is 0 Å². The first-order valence-corrected chi connectivity index (χ1v) is 11.5. The number of nitrogens with one attached hydrogen (secondary N) is 1. The van der Waals surface area contributed by atoms with Crippen molar-refractivity contribution in [1.29, 1.82) is 0 Å². The molecule has 4 fully saturated rings. The maximum Gasteiger partial charge on any atom is 0.222 e. The number of nitrogens with two attached hydrogens (primary N) is 1. The van der Waals surface area contributed by atoms with Gasteiger partial charge in [-0.05, 0) is 98.7 Å². The third-order valence-electron chi connectivity index (χ3n) is 8.06. The van der Waals surface area contributed by atoms with E-state index >= 15 is 0 Å². The van der Waals surface area contributed by atoms with Crippen LogP contribution in [0.15, 0.2) is 18.2 Å². The van der Waals surface area contributed by atoms with E-state index in [9.17, 15) is 4.79 Å². The number of nitrogens with zero attached hydrogens (tertiary/aromatic N) is 2. The molecule has 0 spiro atoms. The molecule has 5 heteroatoms. The molecule has 30 heavy (non-hydrogen) atoms. The Kier molecular flexibility index (Phi) is 4.00. The van der Waals surface area contributed by atoms with Crippen molar-refractivity contribution in [3.8, 4) is 11.3 Å². The molecular formula is C25H30N4O. The second-order valence-electron chi connectivity index (χ2n) is 10.5. The van der Waals surface area contributed by atoms with Crippen molar-refractivity contribution in [1.82, 2.24) is 9.97 Å². The maximum absolute atomic E-state index is 11.9. The van der Waals surface area contributed by atoms with Crippen LogP contribution in [0.4, 0.5) is 11.5 Å². The van der Waals surface area contributed by atoms with E-state index in [1.54, 1.807) is 6.92 Å². The third kappa shape index (κ3) is 3.01. The summed E-state index contributed by atoms with van der Waals surface area (Å²) in [5, 5.41) is 3.01. The predicted molar refractivity (Wildman–Crippen MR) is 118 cm³/mol. The Labute approximate surface area is 177 Å². The van der Waals surface area contributed by atoms with Crippen LogP contribution in [0.2, 0.25) is 0 Å². The minimum Gasteiger partial charge on any atom is -0.399 e. The molecule has 5 aliphatic rings. The normalized spacial score (nSPS) is 30.6. The summed E-state index contributed by atoms with van der Waals surface area (Å²) in [6.45, 7) is 1.56. The molecule has 4 saturated carbocycles. The molecule has 1 aromatic heterocycles. The molecule has 0 unspecified atom stereocenters. The van der Waals surface area contributed by atoms with Gasteiger partial charge in [-0.1, -0.05) is 6.07 Å². The van der Waals surface area contributed by atoms with Gasteiger partial charge in [0.15, 0.2) is 5.82 Å². The van der Waals surface area contributed by atoms with Crippen LogP contribution in [0.25, 0.3) is 11.3 Å². The van der Waals surface area contributed by atoms with Crippen LogP contribution in [0.1, 0.15) is 62.4 Å². The van der Waals surface area contributed by atoms with Crippen molar-refractivity contribution in [2.75, 3.05) is 11.1 Å². The number of hydrogen-bond acceptors (Lipinski definition) is 4. The van der Waals surface area contributed by atoms with Crippen LogP contribution < -0.4 is 11.1 Å². The molecule has 1 heterocycles. The highest BCUT2D eigenvalue weighted by Gasteiger charge is 2.51. The topological polar surface area (TPSA) is 80.9 Å². The first kappa shape index (κ1) is 18.3. The van der Waals surface area contributed by atoms with Crippen LogP contribution in [0.5, 0.6) is 0 Å². The number of nitrogen functional groups attached to an aromatic ring is 1. The van der Waals surface area contributed by atoms with Gasteiger partial charge in [0.2, 0.25) is 5.91 Å². The number of hydrogen-bond donors (Lipinski definition) is 2. The van der Waals surface area contributed by atoms with Gasteiger partial charge < -0.3 is 11.1 Å². The number of aromatic nitrogens is 2. The van der Waals surface area contributed by atoms with Gasteiger partial charge in [-0.2, -0.15) is 0 Å². The zero-order valence-electron chi connectivity index (χ0n) is 17.7. The molecule has 0 atom stereocenters. The van der Waals surface area contributed by atoms with Crippen molar-refractivity contribution in [2.24, 2.45) is 23.2 Å². The van der Waals surface area contributed by atoms with Gasteiger partial charge in [0.1, 0.15) is 0 Å². The molecule has 3 N–H and O–H groups in total. The van der Waals surface area contributed by atoms with Gasteiger partial charge in [-0.3, -0.25) is 4.79 Å². The molecule has 7 rings (SSSR count). The molecule has 0 saturated heterocycles. The molecule has 5 aliphatic carbocycles. The fraction of sp³-hybridized carbons (Fsp3) is 0.560. The Hall–Kier alpha value is -2.43. The molecule has 5 nitrogen and oxygen atoms in total. The summed E-state index contributed by atoms with van der Waals surface area (Å²) in [6, 6.07) is 6.11. The van der Waals surface area contributed by atoms with Gasteiger partial charge in [-0.15, -0.1) is 0 Å². The highest BCUT2D eigenvalue weighted by Crippen LogP contribution is 2.61. The van der Waals surface area contributed by atoms with Crippen LogP contribution in [-0.2, 0) is 24.1 Å². The van der Waals surface area contributed by atoms with Crippen molar-refractivity contribution in [2.45, 2.75) is 64.7 Å². The minimum atomic E-state index is -0.0694. The number of carbonyl (C=O) groups is 1. The van der Waals surface area contributed by atoms with Gasteiger partial charge in [0, 0.05) is 18.2 Å². The van der Waals surface area contributed by atoms with Gasteiger partial charge in [0.05, 0.1) is 17.1 Å². The van der Waals surface area contributed by atoms with E-state index in [4.69, 9.17) is 15.7 Å². The Balaban J connectivity index is 1.42. The van der Waals surface area contributed by atoms with E-state index in [1.165, 1.54) is 44.1 Å². The van der Waals surface area contributed by atoms with Gasteiger partial charge in [-0.25, -0.2) is 9.97 Å². The van der Waals surface area contributed by atoms with Crippen LogP contribution in [0, 0.1) is 23.2 Å². The Bertz CT molecular complexity index is 1010. The van der Waals surface area contributed by atoms with Crippen molar-refractivity contribution >= 4 is 17.4 Å². The third-order valence-corrected chi connectivity index (χ3v) is 8.06. The summed E-state index contributed by atoms with van der Waals surface area (Å²) in [4.78, 5) is 22.1. The van der Waals surface area contributed by atoms with Crippen molar-refractivity contribution < 1.29 is 4.79 Å². The molecule has 2 aromatic rings. The Morgan fingerprint density at radius 3 is 2.47 bits per heavy atom. The zero-order chi connectivity index (χ0) is 20.5. The van der Waals surface area contributed by atoms with E-state index in [0.717, 1.165) is 65.3 Å². The summed E-state index contributed by atoms with van der Waals surface area (Å²) in [6.07, 6.45) is 11.0. The van der Waals surface area contributed by atoms with Gasteiger partial charge in [0.25, 0.3) is 0 Å². The average Bonchev–Trinajstić information content (AvgIpc) is 2.66. The molecular weight excluding hydrogens is 372 g/mol. The number of aryl methyl sites for hydroxylation is 2. The van der Waals surface area contributed by atoms with Crippen molar-refractivity contribution in [3.05, 3.63) is 35.2 Å². The summed E-state index contributed by atoms with van der Waals surface area (Å²) < 4.78 is 0. The highest BCUT2D eigenvalue weighted by molar-refractivity contribution is 5.88. The lowest BCUT2D eigenvalue weighted by atomic mass is 9.48. The second-order valence-corrected chi connectivity index (χ2v) is 10.5. The number of benzene rings is 1. The SMILES string of the molecule is CC(=O)Nc1nc2c(nc1CC13CC4CC(CC(C4)C1)C3)-c1ccc(N)cc1CC2. The molecule has 1 amide bonds. The summed E-state index contributed by atoms with van der Waals surface area (Å²) >= 11 is 0. The summed E-state index contributed by atoms with van der Waals surface area (Å²) in [5.74, 6) is 3.31. The second kappa shape index (κ2) is 6.53. The lowest BCUT2D eigenvalue weighted by molar-refractivity contribution is -0.114. The summed E-state index contributed by atoms with van der Waals surface area (Å²) in [5.41, 5.74) is 12.5. The van der Waals surface area contributed by atoms with Crippen LogP contribution in [-0.4, -0.2) is 15.9 Å². The Morgan fingerprint density at radius 2 is 1.80 bits per heavy atom. The van der Waals surface area contributed by atoms with Gasteiger partial charge >= 0.3 is 0 Å². The van der Waals surface area contributed by atoms with E-state index in [2.05, 4.69) is 17.4 Å². The number of rotatable bonds is 3. The highest BCUT2D eigenvalue weighted by atomic mass is 16.1. The van der Waals surface area contributed by atoms with E-state index in [1.807, 2.05) is 6.07 Å². The molecule has 4 bridgehead atoms. The number of anilines is 2. The number of amides is 1. The monoisotopic (exact) mass is 402 g/mol. The average molecular weight is 403 g/mol. The zero-order valence-corrected chi connectivity index (χ0v) is 17.7. The largest absolute Gasteiger partial charge is 0.399 e. The first-order chi connectivity index (χ1) is 14.5. The van der Waals surface area contributed by atoms with E-state index in [-0.39, 0.29) is 5.91 Å². The maximum atomic E-state index is 11.9.